The highest BCUT2D eigenvalue weighted by atomic mass is 32.2. The molecule has 0 radical (unpaired) electrons. The lowest BCUT2D eigenvalue weighted by molar-refractivity contribution is 0.624. The number of unbranched alkanes of at least 4 members (excludes halogenated alkanes) is 2. The third-order valence-electron chi connectivity index (χ3n) is 1.59. The van der Waals surface area contributed by atoms with Crippen molar-refractivity contribution in [3.05, 3.63) is 0 Å². The smallest absolute Gasteiger partial charge is 0.0622 e. The number of hydrogen-bond donors (Lipinski definition) is 1. The van der Waals surface area contributed by atoms with E-state index in [-0.39, 0.29) is 0 Å². The molecule has 0 aliphatic rings. The van der Waals surface area contributed by atoms with Gasteiger partial charge in [-0.05, 0) is 44.4 Å². The van der Waals surface area contributed by atoms with Crippen molar-refractivity contribution in [3.63, 3.8) is 0 Å². The maximum absolute atomic E-state index is 8.26. The van der Waals surface area contributed by atoms with Crippen molar-refractivity contribution in [1.82, 2.24) is 5.32 Å². The summed E-state index contributed by atoms with van der Waals surface area (Å²) in [7, 11) is 0. The number of nitrogens with zero attached hydrogens (tertiary/aromatic N) is 1. The number of rotatable bonds is 8. The summed E-state index contributed by atoms with van der Waals surface area (Å²) < 4.78 is 0. The molecule has 12 heavy (non-hydrogen) atoms. The molecule has 3 heteroatoms. The van der Waals surface area contributed by atoms with Crippen LogP contribution in [-0.4, -0.2) is 25.1 Å². The predicted molar refractivity (Wildman–Crippen MR) is 55.3 cm³/mol. The molecule has 0 spiro atoms. The van der Waals surface area contributed by atoms with Crippen LogP contribution in [0.5, 0.6) is 0 Å². The molecule has 0 atom stereocenters. The summed E-state index contributed by atoms with van der Waals surface area (Å²) in [6.45, 7) is 2.10. The minimum absolute atomic E-state index is 0.678. The zero-order chi connectivity index (χ0) is 9.07. The van der Waals surface area contributed by atoms with Crippen molar-refractivity contribution in [2.24, 2.45) is 0 Å². The number of nitriles is 1. The summed E-state index contributed by atoms with van der Waals surface area (Å²) in [5.41, 5.74) is 0. The van der Waals surface area contributed by atoms with Crippen LogP contribution in [0.15, 0.2) is 0 Å². The minimum atomic E-state index is 0.678. The van der Waals surface area contributed by atoms with Crippen molar-refractivity contribution < 1.29 is 0 Å². The summed E-state index contributed by atoms with van der Waals surface area (Å²) in [6, 6.07) is 2.14. The van der Waals surface area contributed by atoms with Gasteiger partial charge in [-0.3, -0.25) is 0 Å². The van der Waals surface area contributed by atoms with Crippen molar-refractivity contribution in [3.8, 4) is 6.07 Å². The lowest BCUT2D eigenvalue weighted by Gasteiger charge is -2.01. The van der Waals surface area contributed by atoms with Gasteiger partial charge in [0.25, 0.3) is 0 Å². The van der Waals surface area contributed by atoms with Gasteiger partial charge < -0.3 is 5.32 Å². The molecule has 1 N–H and O–H groups in total. The molecule has 0 aliphatic heterocycles. The van der Waals surface area contributed by atoms with Gasteiger partial charge in [0.2, 0.25) is 0 Å². The Morgan fingerprint density at radius 2 is 2.00 bits per heavy atom. The predicted octanol–water partition coefficient (Wildman–Crippen LogP) is 2.02. The van der Waals surface area contributed by atoms with Gasteiger partial charge in [0, 0.05) is 6.42 Å². The molecule has 0 rings (SSSR count). The van der Waals surface area contributed by atoms with E-state index in [0.717, 1.165) is 19.5 Å². The van der Waals surface area contributed by atoms with Crippen LogP contribution in [0.2, 0.25) is 0 Å². The monoisotopic (exact) mass is 186 g/mol. The van der Waals surface area contributed by atoms with E-state index in [0.29, 0.717) is 6.42 Å². The van der Waals surface area contributed by atoms with Crippen molar-refractivity contribution in [2.45, 2.75) is 25.7 Å². The van der Waals surface area contributed by atoms with Crippen molar-refractivity contribution >= 4 is 11.8 Å². The Hall–Kier alpha value is -0.200. The van der Waals surface area contributed by atoms with E-state index in [1.54, 1.807) is 0 Å². The summed E-state index contributed by atoms with van der Waals surface area (Å²) in [6.07, 6.45) is 6.36. The van der Waals surface area contributed by atoms with Crippen LogP contribution in [0.3, 0.4) is 0 Å². The van der Waals surface area contributed by atoms with E-state index in [1.165, 1.54) is 18.6 Å². The maximum atomic E-state index is 8.26. The van der Waals surface area contributed by atoms with E-state index < -0.39 is 0 Å². The second-order valence-electron chi connectivity index (χ2n) is 2.71. The van der Waals surface area contributed by atoms with Gasteiger partial charge in [-0.15, -0.1) is 0 Å². The van der Waals surface area contributed by atoms with Crippen LogP contribution >= 0.6 is 11.8 Å². The third kappa shape index (κ3) is 9.80. The van der Waals surface area contributed by atoms with Crippen LogP contribution in [0.1, 0.15) is 25.7 Å². The number of thioether (sulfide) groups is 1. The number of nitrogens with one attached hydrogen (secondary N) is 1. The molecule has 0 amide bonds. The van der Waals surface area contributed by atoms with E-state index >= 15 is 0 Å². The van der Waals surface area contributed by atoms with Crippen molar-refractivity contribution in [2.75, 3.05) is 25.1 Å². The van der Waals surface area contributed by atoms with Crippen LogP contribution in [0.4, 0.5) is 0 Å². The largest absolute Gasteiger partial charge is 0.317 e. The molecule has 0 unspecified atom stereocenters. The second kappa shape index (κ2) is 10.8. The summed E-state index contributed by atoms with van der Waals surface area (Å²) in [5.74, 6) is 1.26. The summed E-state index contributed by atoms with van der Waals surface area (Å²) in [4.78, 5) is 0. The molecule has 0 aliphatic carbocycles. The molecule has 2 nitrogen and oxygen atoms in total. The van der Waals surface area contributed by atoms with Gasteiger partial charge in [0.05, 0.1) is 6.07 Å². The molecular formula is C9H18N2S. The molecule has 0 bridgehead atoms. The van der Waals surface area contributed by atoms with Gasteiger partial charge in [-0.1, -0.05) is 0 Å². The standard InChI is InChI=1S/C9H18N2S/c1-12-9-5-4-8-11-7-3-2-6-10/h11H,2-5,7-9H2,1H3. The fraction of sp³-hybridized carbons (Fsp3) is 0.889. The Morgan fingerprint density at radius 1 is 1.25 bits per heavy atom. The molecule has 0 aromatic rings. The van der Waals surface area contributed by atoms with Gasteiger partial charge in [-0.2, -0.15) is 17.0 Å². The fourth-order valence-corrected chi connectivity index (χ4v) is 1.41. The van der Waals surface area contributed by atoms with E-state index in [2.05, 4.69) is 17.6 Å². The van der Waals surface area contributed by atoms with Gasteiger partial charge >= 0.3 is 0 Å². The molecular weight excluding hydrogens is 168 g/mol. The summed E-state index contributed by atoms with van der Waals surface area (Å²) in [5, 5.41) is 11.6. The Kier molecular flexibility index (Phi) is 10.6. The van der Waals surface area contributed by atoms with Gasteiger partial charge in [0.1, 0.15) is 0 Å². The number of hydrogen-bond acceptors (Lipinski definition) is 3. The maximum Gasteiger partial charge on any atom is 0.0622 e. The first-order valence-corrected chi connectivity index (χ1v) is 5.88. The molecule has 0 saturated heterocycles. The first-order chi connectivity index (χ1) is 5.91. The summed E-state index contributed by atoms with van der Waals surface area (Å²) >= 11 is 1.90. The average Bonchev–Trinajstić information content (AvgIpc) is 2.10. The van der Waals surface area contributed by atoms with Crippen molar-refractivity contribution in [1.29, 1.82) is 5.26 Å². The molecule has 0 aromatic carbocycles. The lowest BCUT2D eigenvalue weighted by atomic mass is 10.3. The first-order valence-electron chi connectivity index (χ1n) is 4.48. The van der Waals surface area contributed by atoms with E-state index in [4.69, 9.17) is 5.26 Å². The lowest BCUT2D eigenvalue weighted by Crippen LogP contribution is -2.16. The van der Waals surface area contributed by atoms with Gasteiger partial charge in [0.15, 0.2) is 0 Å². The molecule has 0 aromatic heterocycles. The highest BCUT2D eigenvalue weighted by Crippen LogP contribution is 1.97. The third-order valence-corrected chi connectivity index (χ3v) is 2.29. The SMILES string of the molecule is CSCCCCNCCCC#N. The van der Waals surface area contributed by atoms with Crippen LogP contribution in [0.25, 0.3) is 0 Å². The Balaban J connectivity index is 2.78. The zero-order valence-corrected chi connectivity index (χ0v) is 8.62. The van der Waals surface area contributed by atoms with Crippen LogP contribution in [0, 0.1) is 11.3 Å². The molecule has 0 heterocycles. The fourth-order valence-electron chi connectivity index (χ4n) is 0.914. The highest BCUT2D eigenvalue weighted by molar-refractivity contribution is 7.98. The Morgan fingerprint density at radius 3 is 2.67 bits per heavy atom. The second-order valence-corrected chi connectivity index (χ2v) is 3.70. The highest BCUT2D eigenvalue weighted by Gasteiger charge is 1.88. The van der Waals surface area contributed by atoms with E-state index in [9.17, 15) is 0 Å². The Labute approximate surface area is 79.7 Å². The minimum Gasteiger partial charge on any atom is -0.317 e. The van der Waals surface area contributed by atoms with Crippen LogP contribution < -0.4 is 5.32 Å². The quantitative estimate of drug-likeness (QED) is 0.589. The molecule has 70 valence electrons. The molecule has 0 saturated carbocycles. The Bertz CT molecular complexity index is 120. The van der Waals surface area contributed by atoms with Gasteiger partial charge in [-0.25, -0.2) is 0 Å². The first kappa shape index (κ1) is 11.8. The van der Waals surface area contributed by atoms with E-state index in [1.807, 2.05) is 11.8 Å². The normalized spacial score (nSPS) is 9.67. The topological polar surface area (TPSA) is 35.8 Å². The zero-order valence-electron chi connectivity index (χ0n) is 7.81. The van der Waals surface area contributed by atoms with Crippen LogP contribution in [-0.2, 0) is 0 Å². The average molecular weight is 186 g/mol. The molecule has 0 fully saturated rings.